The average molecular weight is 760 g/mol. The second-order valence-electron chi connectivity index (χ2n) is 16.2. The van der Waals surface area contributed by atoms with Crippen LogP contribution in [0.2, 0.25) is 0 Å². The van der Waals surface area contributed by atoms with Gasteiger partial charge in [0, 0.05) is 49.8 Å². The van der Waals surface area contributed by atoms with Crippen molar-refractivity contribution < 1.29 is 14.0 Å². The zero-order chi connectivity index (χ0) is 38.7. The zero-order valence-corrected chi connectivity index (χ0v) is 32.5. The molecule has 0 N–H and O–H groups in total. The second-order valence-corrected chi connectivity index (χ2v) is 16.2. The Morgan fingerprint density at radius 2 is 1.18 bits per heavy atom. The number of carbonyl (C=O) groups excluding carboxylic acids is 2. The molecule has 0 radical (unpaired) electrons. The molecule has 2 amide bonds. The summed E-state index contributed by atoms with van der Waals surface area (Å²) < 4.78 is 13.7. The highest BCUT2D eigenvalue weighted by Gasteiger charge is 2.40. The first-order chi connectivity index (χ1) is 28.0. The molecule has 0 aromatic heterocycles. The summed E-state index contributed by atoms with van der Waals surface area (Å²) in [6.45, 7) is 3.43. The summed E-state index contributed by atoms with van der Waals surface area (Å²) in [6.07, 6.45) is 13.0. The van der Waals surface area contributed by atoms with E-state index in [9.17, 15) is 14.0 Å². The summed E-state index contributed by atoms with van der Waals surface area (Å²) in [5.74, 6) is -0.0661. The minimum Gasteiger partial charge on any atom is -0.334 e. The number of halogens is 1. The Kier molecular flexibility index (Phi) is 10.8. The second kappa shape index (κ2) is 16.6. The van der Waals surface area contributed by atoms with Gasteiger partial charge in [-0.2, -0.15) is 0 Å². The third-order valence-corrected chi connectivity index (χ3v) is 12.6. The molecule has 5 heterocycles. The fourth-order valence-electron chi connectivity index (χ4n) is 9.60. The van der Waals surface area contributed by atoms with Crippen LogP contribution in [0.3, 0.4) is 0 Å². The molecule has 0 saturated carbocycles. The number of nitrogens with zero attached hydrogens (tertiary/aromatic N) is 5. The van der Waals surface area contributed by atoms with Crippen molar-refractivity contribution in [2.45, 2.75) is 82.3 Å². The molecule has 0 aliphatic carbocycles. The average Bonchev–Trinajstić information content (AvgIpc) is 4.09. The van der Waals surface area contributed by atoms with Crippen LogP contribution < -0.4 is 0 Å². The van der Waals surface area contributed by atoms with E-state index in [4.69, 9.17) is 9.98 Å². The van der Waals surface area contributed by atoms with Gasteiger partial charge in [0.25, 0.3) is 0 Å². The van der Waals surface area contributed by atoms with Crippen LogP contribution in [-0.4, -0.2) is 76.2 Å². The van der Waals surface area contributed by atoms with E-state index < -0.39 is 0 Å². The van der Waals surface area contributed by atoms with Gasteiger partial charge in [0.05, 0.1) is 18.5 Å². The predicted molar refractivity (Wildman–Crippen MR) is 226 cm³/mol. The smallest absolute Gasteiger partial charge is 0.245 e. The number of benzene rings is 4. The topological polar surface area (TPSA) is 68.6 Å². The summed E-state index contributed by atoms with van der Waals surface area (Å²) >= 11 is 0. The minimum absolute atomic E-state index is 0.00918. The minimum atomic E-state index is -0.316. The molecule has 8 heteroatoms. The van der Waals surface area contributed by atoms with Crippen LogP contribution in [0.15, 0.2) is 126 Å². The molecule has 3 saturated heterocycles. The lowest BCUT2D eigenvalue weighted by atomic mass is 9.94. The van der Waals surface area contributed by atoms with E-state index in [0.29, 0.717) is 12.1 Å². The lowest BCUT2D eigenvalue weighted by Crippen LogP contribution is -2.48. The maximum atomic E-state index is 14.4. The van der Waals surface area contributed by atoms with Crippen LogP contribution in [0, 0.1) is 5.82 Å². The van der Waals surface area contributed by atoms with E-state index in [1.807, 2.05) is 35.5 Å². The number of carbonyl (C=O) groups is 2. The van der Waals surface area contributed by atoms with E-state index in [1.54, 1.807) is 12.1 Å². The SMILES string of the molecule is O=C(Cc1cccc(F)c1)N1CCC[C@H]1C1=NC=C(c2ccc(-c3ccc(C4=CN=C([C@@H]5CCCN5C(=O)[C@@H](c5ccccc5)N5CCCCC5)C4)cc3)cc2)C1. The van der Waals surface area contributed by atoms with Gasteiger partial charge in [-0.25, -0.2) is 4.39 Å². The van der Waals surface area contributed by atoms with Crippen molar-refractivity contribution in [3.05, 3.63) is 144 Å². The molecule has 5 aliphatic heterocycles. The van der Waals surface area contributed by atoms with Crippen LogP contribution >= 0.6 is 0 Å². The van der Waals surface area contributed by atoms with E-state index in [1.165, 1.54) is 24.1 Å². The number of hydrogen-bond acceptors (Lipinski definition) is 5. The quantitative estimate of drug-likeness (QED) is 0.162. The van der Waals surface area contributed by atoms with Gasteiger partial charge < -0.3 is 9.80 Å². The lowest BCUT2D eigenvalue weighted by molar-refractivity contribution is -0.137. The van der Waals surface area contributed by atoms with E-state index >= 15 is 0 Å². The maximum Gasteiger partial charge on any atom is 0.245 e. The fourth-order valence-corrected chi connectivity index (χ4v) is 9.60. The first-order valence-electron chi connectivity index (χ1n) is 20.8. The van der Waals surface area contributed by atoms with Gasteiger partial charge in [-0.05, 0) is 108 Å². The van der Waals surface area contributed by atoms with Crippen LogP contribution in [0.25, 0.3) is 22.3 Å². The number of piperidine rings is 1. The van der Waals surface area contributed by atoms with Gasteiger partial charge >= 0.3 is 0 Å². The lowest BCUT2D eigenvalue weighted by Gasteiger charge is -2.37. The molecule has 0 spiro atoms. The molecule has 0 bridgehead atoms. The number of allylic oxidation sites excluding steroid dienone is 2. The molecule has 3 fully saturated rings. The fraction of sp³-hybridized carbons (Fsp3) is 0.347. The van der Waals surface area contributed by atoms with Gasteiger partial charge in [-0.3, -0.25) is 24.5 Å². The molecule has 4 aromatic carbocycles. The van der Waals surface area contributed by atoms with Crippen molar-refractivity contribution in [3.8, 4) is 11.1 Å². The summed E-state index contributed by atoms with van der Waals surface area (Å²) in [4.78, 5) is 43.8. The van der Waals surface area contributed by atoms with Crippen LogP contribution in [0.1, 0.15) is 86.1 Å². The van der Waals surface area contributed by atoms with Crippen LogP contribution in [-0.2, 0) is 16.0 Å². The standard InChI is InChI=1S/C49H50FN5O2/c50-42-13-7-10-34(28-42)29-47(56)54-26-8-14-45(54)43-30-40(32-51-43)37-20-16-35(17-21-37)36-18-22-38(23-19-36)41-31-44(52-33-41)46-15-9-27-55(46)49(57)48(39-11-3-1-4-12-39)53-24-5-2-6-25-53/h1,3-4,7,10-13,16-23,28,32-33,45-46,48H,2,5-6,8-9,14-15,24-27,29-31H2/t45-,46-,48+/m0/s1. The molecule has 57 heavy (non-hydrogen) atoms. The third kappa shape index (κ3) is 7.93. The van der Waals surface area contributed by atoms with Gasteiger partial charge in [0.1, 0.15) is 11.9 Å². The van der Waals surface area contributed by atoms with Gasteiger partial charge in [0.2, 0.25) is 11.8 Å². The van der Waals surface area contributed by atoms with E-state index in [2.05, 4.69) is 70.5 Å². The number of aliphatic imine (C=N–C) groups is 2. The molecule has 5 aliphatic rings. The molecule has 3 atom stereocenters. The summed E-state index contributed by atoms with van der Waals surface area (Å²) in [5, 5.41) is 0. The number of amides is 2. The van der Waals surface area contributed by atoms with Crippen molar-refractivity contribution in [1.82, 2.24) is 14.7 Å². The summed E-state index contributed by atoms with van der Waals surface area (Å²) in [6, 6.07) is 33.9. The Morgan fingerprint density at radius 1 is 0.614 bits per heavy atom. The van der Waals surface area contributed by atoms with Gasteiger partial charge in [-0.1, -0.05) is 97.4 Å². The summed E-state index contributed by atoms with van der Waals surface area (Å²) in [5.41, 5.74) is 10.9. The molecule has 0 unspecified atom stereocenters. The van der Waals surface area contributed by atoms with E-state index in [0.717, 1.165) is 116 Å². The Labute approximate surface area is 335 Å². The highest BCUT2D eigenvalue weighted by atomic mass is 19.1. The molecule has 7 nitrogen and oxygen atoms in total. The Morgan fingerprint density at radius 3 is 1.77 bits per heavy atom. The van der Waals surface area contributed by atoms with Crippen molar-refractivity contribution >= 4 is 34.4 Å². The highest BCUT2D eigenvalue weighted by Crippen LogP contribution is 2.36. The van der Waals surface area contributed by atoms with Crippen molar-refractivity contribution in [3.63, 3.8) is 0 Å². The van der Waals surface area contributed by atoms with Crippen molar-refractivity contribution in [2.75, 3.05) is 26.2 Å². The molecule has 290 valence electrons. The first kappa shape index (κ1) is 37.1. The predicted octanol–water partition coefficient (Wildman–Crippen LogP) is 9.32. The highest BCUT2D eigenvalue weighted by molar-refractivity contribution is 6.04. The van der Waals surface area contributed by atoms with Crippen molar-refractivity contribution in [2.24, 2.45) is 9.98 Å². The Bertz CT molecular complexity index is 2240. The molecule has 9 rings (SSSR count). The third-order valence-electron chi connectivity index (χ3n) is 12.6. The number of rotatable bonds is 10. The zero-order valence-electron chi connectivity index (χ0n) is 32.5. The van der Waals surface area contributed by atoms with Gasteiger partial charge in [0.15, 0.2) is 0 Å². The van der Waals surface area contributed by atoms with Crippen molar-refractivity contribution in [1.29, 1.82) is 0 Å². The first-order valence-corrected chi connectivity index (χ1v) is 20.8. The number of likely N-dealkylation sites (tertiary alicyclic amines) is 3. The molecule has 4 aromatic rings. The van der Waals surface area contributed by atoms with E-state index in [-0.39, 0.29) is 42.2 Å². The molecular formula is C49H50FN5O2. The summed E-state index contributed by atoms with van der Waals surface area (Å²) in [7, 11) is 0. The Hall–Kier alpha value is -5.47. The normalized spacial score (nSPS) is 21.6. The number of hydrogen-bond donors (Lipinski definition) is 0. The van der Waals surface area contributed by atoms with Crippen LogP contribution in [0.5, 0.6) is 0 Å². The Balaban J connectivity index is 0.804. The monoisotopic (exact) mass is 759 g/mol. The largest absolute Gasteiger partial charge is 0.334 e. The van der Waals surface area contributed by atoms with Gasteiger partial charge in [-0.15, -0.1) is 0 Å². The maximum absolute atomic E-state index is 14.4. The molecular weight excluding hydrogens is 710 g/mol. The van der Waals surface area contributed by atoms with Crippen LogP contribution in [0.4, 0.5) is 4.39 Å².